The summed E-state index contributed by atoms with van der Waals surface area (Å²) in [5.74, 6) is 0.780. The van der Waals surface area contributed by atoms with Gasteiger partial charge < -0.3 is 0 Å². The second kappa shape index (κ2) is 5.91. The highest BCUT2D eigenvalue weighted by Gasteiger charge is 2.22. The van der Waals surface area contributed by atoms with Gasteiger partial charge in [-0.05, 0) is 51.0 Å². The second-order valence-electron chi connectivity index (χ2n) is 5.60. The zero-order valence-corrected chi connectivity index (χ0v) is 11.8. The third kappa shape index (κ3) is 3.74. The lowest BCUT2D eigenvalue weighted by Crippen LogP contribution is -2.12. The first-order valence-electron chi connectivity index (χ1n) is 6.86. The molecule has 1 atom stereocenters. The van der Waals surface area contributed by atoms with Crippen molar-refractivity contribution in [1.82, 2.24) is 0 Å². The van der Waals surface area contributed by atoms with E-state index in [2.05, 4.69) is 32.0 Å². The minimum atomic E-state index is 0.387. The molecule has 1 aliphatic rings. The molecule has 0 radical (unpaired) electrons. The molecule has 0 N–H and O–H groups in total. The average molecular weight is 251 g/mol. The predicted molar refractivity (Wildman–Crippen MR) is 75.8 cm³/mol. The Hall–Kier alpha value is -0.490. The van der Waals surface area contributed by atoms with E-state index in [1.165, 1.54) is 42.4 Å². The Bertz CT molecular complexity index is 344. The van der Waals surface area contributed by atoms with Gasteiger partial charge in [-0.2, -0.15) is 0 Å². The predicted octanol–water partition coefficient (Wildman–Crippen LogP) is 5.03. The van der Waals surface area contributed by atoms with Gasteiger partial charge in [-0.1, -0.05) is 42.2 Å². The van der Waals surface area contributed by atoms with E-state index in [9.17, 15) is 0 Å². The maximum atomic E-state index is 6.52. The minimum Gasteiger partial charge on any atom is -0.123 e. The SMILES string of the molecule is Cc1cc(C)cc(CCC(Cl)C2CCCC2)c1. The Morgan fingerprint density at radius 3 is 2.29 bits per heavy atom. The molecule has 1 heteroatoms. The summed E-state index contributed by atoms with van der Waals surface area (Å²) in [7, 11) is 0. The van der Waals surface area contributed by atoms with Gasteiger partial charge in [-0.3, -0.25) is 0 Å². The molecular weight excluding hydrogens is 228 g/mol. The molecule has 17 heavy (non-hydrogen) atoms. The molecule has 94 valence electrons. The van der Waals surface area contributed by atoms with Gasteiger partial charge in [0, 0.05) is 5.38 Å². The molecule has 2 rings (SSSR count). The Morgan fingerprint density at radius 2 is 1.71 bits per heavy atom. The molecule has 1 aliphatic carbocycles. The lowest BCUT2D eigenvalue weighted by atomic mass is 9.96. The molecule has 1 saturated carbocycles. The second-order valence-corrected chi connectivity index (χ2v) is 6.16. The highest BCUT2D eigenvalue weighted by atomic mass is 35.5. The number of benzene rings is 1. The van der Waals surface area contributed by atoms with Crippen molar-refractivity contribution in [2.24, 2.45) is 5.92 Å². The van der Waals surface area contributed by atoms with E-state index >= 15 is 0 Å². The smallest absolute Gasteiger partial charge is 0.0367 e. The molecule has 1 fully saturated rings. The van der Waals surface area contributed by atoms with Gasteiger partial charge in [0.2, 0.25) is 0 Å². The lowest BCUT2D eigenvalue weighted by molar-refractivity contribution is 0.492. The van der Waals surface area contributed by atoms with Crippen LogP contribution in [-0.4, -0.2) is 5.38 Å². The monoisotopic (exact) mass is 250 g/mol. The first-order chi connectivity index (χ1) is 8.15. The van der Waals surface area contributed by atoms with Crippen molar-refractivity contribution in [3.8, 4) is 0 Å². The van der Waals surface area contributed by atoms with E-state index in [0.29, 0.717) is 5.38 Å². The van der Waals surface area contributed by atoms with Crippen LogP contribution in [-0.2, 0) is 6.42 Å². The molecule has 0 bridgehead atoms. The zero-order valence-electron chi connectivity index (χ0n) is 11.0. The van der Waals surface area contributed by atoms with Crippen molar-refractivity contribution in [2.45, 2.75) is 57.7 Å². The molecule has 1 unspecified atom stereocenters. The van der Waals surface area contributed by atoms with Gasteiger partial charge in [0.1, 0.15) is 0 Å². The topological polar surface area (TPSA) is 0 Å². The number of hydrogen-bond donors (Lipinski definition) is 0. The van der Waals surface area contributed by atoms with Crippen LogP contribution in [0.1, 0.15) is 48.8 Å². The van der Waals surface area contributed by atoms with Crippen LogP contribution in [0.4, 0.5) is 0 Å². The van der Waals surface area contributed by atoms with Gasteiger partial charge in [-0.25, -0.2) is 0 Å². The van der Waals surface area contributed by atoms with E-state index in [0.717, 1.165) is 18.8 Å². The molecule has 0 aliphatic heterocycles. The van der Waals surface area contributed by atoms with Crippen molar-refractivity contribution in [3.05, 3.63) is 34.9 Å². The fourth-order valence-corrected chi connectivity index (χ4v) is 3.43. The Balaban J connectivity index is 1.88. The molecular formula is C16H23Cl. The maximum absolute atomic E-state index is 6.52. The van der Waals surface area contributed by atoms with Crippen LogP contribution < -0.4 is 0 Å². The van der Waals surface area contributed by atoms with E-state index in [1.807, 2.05) is 0 Å². The summed E-state index contributed by atoms with van der Waals surface area (Å²) in [6.45, 7) is 4.34. The molecule has 0 saturated heterocycles. The third-order valence-electron chi connectivity index (χ3n) is 3.90. The van der Waals surface area contributed by atoms with Crippen LogP contribution in [0.25, 0.3) is 0 Å². The lowest BCUT2D eigenvalue weighted by Gasteiger charge is -2.16. The fraction of sp³-hybridized carbons (Fsp3) is 0.625. The zero-order chi connectivity index (χ0) is 12.3. The van der Waals surface area contributed by atoms with E-state index in [1.54, 1.807) is 0 Å². The van der Waals surface area contributed by atoms with Crippen LogP contribution in [0.3, 0.4) is 0 Å². The quantitative estimate of drug-likeness (QED) is 0.658. The van der Waals surface area contributed by atoms with Crippen molar-refractivity contribution in [2.75, 3.05) is 0 Å². The summed E-state index contributed by atoms with van der Waals surface area (Å²) in [6.07, 6.45) is 7.74. The molecule has 0 aromatic heterocycles. The van der Waals surface area contributed by atoms with Gasteiger partial charge in [0.05, 0.1) is 0 Å². The van der Waals surface area contributed by atoms with Crippen LogP contribution in [0.5, 0.6) is 0 Å². The highest BCUT2D eigenvalue weighted by molar-refractivity contribution is 6.20. The molecule has 1 aromatic carbocycles. The number of rotatable bonds is 4. The van der Waals surface area contributed by atoms with E-state index in [-0.39, 0.29) is 0 Å². The number of halogens is 1. The summed E-state index contributed by atoms with van der Waals surface area (Å²) in [5.41, 5.74) is 4.19. The van der Waals surface area contributed by atoms with E-state index in [4.69, 9.17) is 11.6 Å². The minimum absolute atomic E-state index is 0.387. The van der Waals surface area contributed by atoms with Gasteiger partial charge in [0.15, 0.2) is 0 Å². The first-order valence-corrected chi connectivity index (χ1v) is 7.30. The molecule has 0 heterocycles. The van der Waals surface area contributed by atoms with Crippen LogP contribution in [0.2, 0.25) is 0 Å². The summed E-state index contributed by atoms with van der Waals surface area (Å²) >= 11 is 6.52. The number of hydrogen-bond acceptors (Lipinski definition) is 0. The van der Waals surface area contributed by atoms with Gasteiger partial charge in [0.25, 0.3) is 0 Å². The Labute approximate surface area is 110 Å². The van der Waals surface area contributed by atoms with Crippen molar-refractivity contribution in [3.63, 3.8) is 0 Å². The van der Waals surface area contributed by atoms with Crippen molar-refractivity contribution >= 4 is 11.6 Å². The highest BCUT2D eigenvalue weighted by Crippen LogP contribution is 2.32. The average Bonchev–Trinajstić information content (AvgIpc) is 2.78. The number of aryl methyl sites for hydroxylation is 3. The van der Waals surface area contributed by atoms with Crippen LogP contribution >= 0.6 is 11.6 Å². The van der Waals surface area contributed by atoms with Gasteiger partial charge in [-0.15, -0.1) is 11.6 Å². The normalized spacial score (nSPS) is 18.5. The maximum Gasteiger partial charge on any atom is 0.0367 e. The Morgan fingerprint density at radius 1 is 1.12 bits per heavy atom. The number of alkyl halides is 1. The molecule has 0 spiro atoms. The third-order valence-corrected chi connectivity index (χ3v) is 4.48. The summed E-state index contributed by atoms with van der Waals surface area (Å²) in [5, 5.41) is 0.387. The fourth-order valence-electron chi connectivity index (χ4n) is 3.07. The van der Waals surface area contributed by atoms with Crippen LogP contribution in [0.15, 0.2) is 18.2 Å². The van der Waals surface area contributed by atoms with Crippen LogP contribution in [0, 0.1) is 19.8 Å². The van der Waals surface area contributed by atoms with Gasteiger partial charge >= 0.3 is 0 Å². The summed E-state index contributed by atoms with van der Waals surface area (Å²) < 4.78 is 0. The summed E-state index contributed by atoms with van der Waals surface area (Å²) in [4.78, 5) is 0. The summed E-state index contributed by atoms with van der Waals surface area (Å²) in [6, 6.07) is 6.83. The first kappa shape index (κ1) is 13.0. The van der Waals surface area contributed by atoms with E-state index < -0.39 is 0 Å². The Kier molecular flexibility index (Phi) is 4.50. The molecule has 1 aromatic rings. The molecule has 0 amide bonds. The molecule has 0 nitrogen and oxygen atoms in total. The van der Waals surface area contributed by atoms with Crippen molar-refractivity contribution in [1.29, 1.82) is 0 Å². The standard InChI is InChI=1S/C16H23Cl/c1-12-9-13(2)11-14(10-12)7-8-16(17)15-5-3-4-6-15/h9-11,15-16H,3-8H2,1-2H3. The van der Waals surface area contributed by atoms with Crippen molar-refractivity contribution < 1.29 is 0 Å². The largest absolute Gasteiger partial charge is 0.123 e.